The number of hydrogen-bond donors (Lipinski definition) is 0. The second kappa shape index (κ2) is 7.58. The average molecular weight is 360 g/mol. The van der Waals surface area contributed by atoms with Crippen molar-refractivity contribution in [3.63, 3.8) is 0 Å². The van der Waals surface area contributed by atoms with Crippen molar-refractivity contribution in [3.05, 3.63) is 71.4 Å². The number of amidine groups is 1. The zero-order valence-electron chi connectivity index (χ0n) is 14.9. The van der Waals surface area contributed by atoms with Crippen LogP contribution in [-0.4, -0.2) is 29.2 Å². The zero-order chi connectivity index (χ0) is 18.6. The molecule has 0 saturated carbocycles. The fraction of sp³-hybridized carbons (Fsp3) is 0.227. The van der Waals surface area contributed by atoms with E-state index in [2.05, 4.69) is 4.99 Å². The van der Waals surface area contributed by atoms with Crippen LogP contribution in [0, 0.1) is 0 Å². The molecule has 2 aliphatic rings. The summed E-state index contributed by atoms with van der Waals surface area (Å²) in [6.45, 7) is 0.794. The van der Waals surface area contributed by atoms with Gasteiger partial charge in [0.15, 0.2) is 0 Å². The lowest BCUT2D eigenvalue weighted by Crippen LogP contribution is -2.26. The zero-order valence-corrected chi connectivity index (χ0v) is 14.9. The molecule has 27 heavy (non-hydrogen) atoms. The van der Waals surface area contributed by atoms with Crippen LogP contribution in [0.25, 0.3) is 6.08 Å². The fourth-order valence-electron chi connectivity index (χ4n) is 3.37. The number of esters is 1. The van der Waals surface area contributed by atoms with Crippen molar-refractivity contribution < 1.29 is 14.3 Å². The molecule has 0 atom stereocenters. The number of para-hydroxylation sites is 1. The summed E-state index contributed by atoms with van der Waals surface area (Å²) in [6.07, 6.45) is 5.84. The first-order chi connectivity index (χ1) is 13.2. The Morgan fingerprint density at radius 3 is 2.63 bits per heavy atom. The predicted octanol–water partition coefficient (Wildman–Crippen LogP) is 4.06. The lowest BCUT2D eigenvalue weighted by molar-refractivity contribution is -0.114. The number of carbonyl (C=O) groups excluding carboxylic acids is 2. The quantitative estimate of drug-likeness (QED) is 0.470. The van der Waals surface area contributed by atoms with Gasteiger partial charge in [-0.3, -0.25) is 4.79 Å². The molecule has 1 amide bonds. The standard InChI is InChI=1S/C22H20N2O3/c25-21-18(24-14-8-2-5-13-20(24)23-21)15-17-11-6-7-12-19(17)27-22(26)16-9-3-1-4-10-16/h1,3-4,6-7,9-12,15H,2,5,8,13-14H2/b18-15+. The van der Waals surface area contributed by atoms with Gasteiger partial charge >= 0.3 is 5.97 Å². The van der Waals surface area contributed by atoms with E-state index in [0.29, 0.717) is 22.6 Å². The van der Waals surface area contributed by atoms with E-state index < -0.39 is 5.97 Å². The third-order valence-electron chi connectivity index (χ3n) is 4.76. The molecule has 2 aromatic rings. The van der Waals surface area contributed by atoms with E-state index in [9.17, 15) is 9.59 Å². The second-order valence-electron chi connectivity index (χ2n) is 6.62. The smallest absolute Gasteiger partial charge is 0.343 e. The number of ether oxygens (including phenoxy) is 1. The lowest BCUT2D eigenvalue weighted by atomic mass is 10.1. The minimum absolute atomic E-state index is 0.226. The Bertz CT molecular complexity index is 932. The Morgan fingerprint density at radius 1 is 1.00 bits per heavy atom. The van der Waals surface area contributed by atoms with Crippen molar-refractivity contribution in [1.29, 1.82) is 0 Å². The molecular weight excluding hydrogens is 340 g/mol. The van der Waals surface area contributed by atoms with E-state index >= 15 is 0 Å². The molecule has 0 N–H and O–H groups in total. The minimum atomic E-state index is -0.425. The van der Waals surface area contributed by atoms with Crippen LogP contribution in [0.1, 0.15) is 41.6 Å². The molecule has 0 aliphatic carbocycles. The van der Waals surface area contributed by atoms with Crippen molar-refractivity contribution in [2.24, 2.45) is 4.99 Å². The largest absolute Gasteiger partial charge is 0.422 e. The number of amides is 1. The van der Waals surface area contributed by atoms with Gasteiger partial charge in [0, 0.05) is 18.5 Å². The highest BCUT2D eigenvalue weighted by Gasteiger charge is 2.30. The van der Waals surface area contributed by atoms with Crippen LogP contribution in [-0.2, 0) is 4.79 Å². The molecule has 1 fully saturated rings. The third-order valence-corrected chi connectivity index (χ3v) is 4.76. The van der Waals surface area contributed by atoms with Crippen LogP contribution >= 0.6 is 0 Å². The number of fused-ring (bicyclic) bond motifs is 1. The van der Waals surface area contributed by atoms with Gasteiger partial charge in [0.25, 0.3) is 5.91 Å². The number of aliphatic imine (C=N–C) groups is 1. The number of benzene rings is 2. The summed E-state index contributed by atoms with van der Waals surface area (Å²) >= 11 is 0. The van der Waals surface area contributed by atoms with Gasteiger partial charge in [-0.1, -0.05) is 42.8 Å². The van der Waals surface area contributed by atoms with E-state index in [1.165, 1.54) is 0 Å². The van der Waals surface area contributed by atoms with Crippen LogP contribution in [0.3, 0.4) is 0 Å². The fourth-order valence-corrected chi connectivity index (χ4v) is 3.37. The number of hydrogen-bond acceptors (Lipinski definition) is 4. The van der Waals surface area contributed by atoms with E-state index in [4.69, 9.17) is 4.74 Å². The second-order valence-corrected chi connectivity index (χ2v) is 6.62. The van der Waals surface area contributed by atoms with Gasteiger partial charge in [0.1, 0.15) is 17.3 Å². The van der Waals surface area contributed by atoms with Crippen LogP contribution in [0.5, 0.6) is 5.75 Å². The van der Waals surface area contributed by atoms with Crippen LogP contribution in [0.2, 0.25) is 0 Å². The topological polar surface area (TPSA) is 59.0 Å². The van der Waals surface area contributed by atoms with Gasteiger partial charge in [-0.05, 0) is 37.1 Å². The maximum absolute atomic E-state index is 12.4. The Morgan fingerprint density at radius 2 is 1.78 bits per heavy atom. The highest BCUT2D eigenvalue weighted by Crippen LogP contribution is 2.28. The Kier molecular flexibility index (Phi) is 4.83. The van der Waals surface area contributed by atoms with E-state index in [1.807, 2.05) is 23.1 Å². The third kappa shape index (κ3) is 3.67. The molecule has 2 aromatic carbocycles. The Balaban J connectivity index is 1.62. The van der Waals surface area contributed by atoms with Crippen molar-refractivity contribution in [1.82, 2.24) is 4.90 Å². The van der Waals surface area contributed by atoms with Gasteiger partial charge in [0.05, 0.1) is 5.56 Å². The van der Waals surface area contributed by atoms with Crippen molar-refractivity contribution >= 4 is 23.8 Å². The molecule has 5 nitrogen and oxygen atoms in total. The predicted molar refractivity (Wildman–Crippen MR) is 103 cm³/mol. The highest BCUT2D eigenvalue weighted by molar-refractivity contribution is 6.13. The number of nitrogens with zero attached hydrogens (tertiary/aromatic N) is 2. The van der Waals surface area contributed by atoms with Crippen LogP contribution < -0.4 is 4.74 Å². The van der Waals surface area contributed by atoms with Gasteiger partial charge in [-0.15, -0.1) is 0 Å². The molecule has 0 radical (unpaired) electrons. The van der Waals surface area contributed by atoms with E-state index in [1.54, 1.807) is 42.5 Å². The summed E-state index contributed by atoms with van der Waals surface area (Å²) in [6, 6.07) is 16.1. The highest BCUT2D eigenvalue weighted by atomic mass is 16.5. The first-order valence-electron chi connectivity index (χ1n) is 9.20. The first kappa shape index (κ1) is 17.2. The van der Waals surface area contributed by atoms with Crippen LogP contribution in [0.15, 0.2) is 65.3 Å². The number of carbonyl (C=O) groups is 2. The molecule has 5 heteroatoms. The molecule has 0 spiro atoms. The average Bonchev–Trinajstić information content (AvgIpc) is 2.85. The van der Waals surface area contributed by atoms with Crippen molar-refractivity contribution in [3.8, 4) is 5.75 Å². The summed E-state index contributed by atoms with van der Waals surface area (Å²) < 4.78 is 5.59. The summed E-state index contributed by atoms with van der Waals surface area (Å²) in [5.74, 6) is 0.624. The maximum Gasteiger partial charge on any atom is 0.343 e. The summed E-state index contributed by atoms with van der Waals surface area (Å²) in [4.78, 5) is 31.0. The molecule has 136 valence electrons. The monoisotopic (exact) mass is 360 g/mol. The minimum Gasteiger partial charge on any atom is -0.422 e. The van der Waals surface area contributed by atoms with Gasteiger partial charge in [0.2, 0.25) is 0 Å². The summed E-state index contributed by atoms with van der Waals surface area (Å²) in [7, 11) is 0. The Labute approximate surface area is 158 Å². The SMILES string of the molecule is O=C1N=C2CCCCCN2/C1=C/c1ccccc1OC(=O)c1ccccc1. The first-order valence-corrected chi connectivity index (χ1v) is 9.20. The van der Waals surface area contributed by atoms with Crippen molar-refractivity contribution in [2.75, 3.05) is 6.54 Å². The molecule has 0 aromatic heterocycles. The Hall–Kier alpha value is -3.21. The van der Waals surface area contributed by atoms with Crippen molar-refractivity contribution in [2.45, 2.75) is 25.7 Å². The van der Waals surface area contributed by atoms with Gasteiger partial charge in [-0.25, -0.2) is 4.79 Å². The number of rotatable bonds is 3. The van der Waals surface area contributed by atoms with Gasteiger partial charge < -0.3 is 9.64 Å². The molecule has 2 heterocycles. The molecule has 1 saturated heterocycles. The molecule has 0 bridgehead atoms. The van der Waals surface area contributed by atoms with Gasteiger partial charge in [-0.2, -0.15) is 4.99 Å². The molecular formula is C22H20N2O3. The molecule has 0 unspecified atom stereocenters. The summed E-state index contributed by atoms with van der Waals surface area (Å²) in [5, 5.41) is 0. The summed E-state index contributed by atoms with van der Waals surface area (Å²) in [5.41, 5.74) is 1.72. The molecule has 2 aliphatic heterocycles. The maximum atomic E-state index is 12.4. The van der Waals surface area contributed by atoms with E-state index in [-0.39, 0.29) is 5.91 Å². The van der Waals surface area contributed by atoms with E-state index in [0.717, 1.165) is 38.1 Å². The molecule has 4 rings (SSSR count). The van der Waals surface area contributed by atoms with Crippen LogP contribution in [0.4, 0.5) is 0 Å². The normalized spacial score (nSPS) is 18.1. The lowest BCUT2D eigenvalue weighted by Gasteiger charge is -2.18.